The molecule has 0 fully saturated rings. The molecular weight excluding hydrogens is 260 g/mol. The molecule has 0 aromatic heterocycles. The van der Waals surface area contributed by atoms with E-state index >= 15 is 0 Å². The molecule has 0 unspecified atom stereocenters. The lowest BCUT2D eigenvalue weighted by Gasteiger charge is -2.40. The lowest BCUT2D eigenvalue weighted by atomic mass is 9.70. The fourth-order valence-electron chi connectivity index (χ4n) is 1.72. The molecule has 0 aromatic carbocycles. The zero-order valence-corrected chi connectivity index (χ0v) is 10.7. The van der Waals surface area contributed by atoms with Crippen molar-refractivity contribution < 1.29 is 39.6 Å². The van der Waals surface area contributed by atoms with Crippen LogP contribution in [0.3, 0.4) is 0 Å². The second kappa shape index (κ2) is 5.66. The third kappa shape index (κ3) is 2.47. The quantitative estimate of drug-likeness (QED) is 0.286. The number of rotatable bonds is 7. The molecule has 0 aliphatic heterocycles. The number of hydrogen-bond donors (Lipinski definition) is 4. The third-order valence-electron chi connectivity index (χ3n) is 2.90. The highest BCUT2D eigenvalue weighted by atomic mass is 16.4. The Bertz CT molecular complexity index is 428. The summed E-state index contributed by atoms with van der Waals surface area (Å²) in [5.74, 6) is -5.79. The Hall–Kier alpha value is -1.48. The number of aliphatic hydroxyl groups is 4. The van der Waals surface area contributed by atoms with Crippen LogP contribution in [0.2, 0.25) is 0 Å². The van der Waals surface area contributed by atoms with Crippen LogP contribution in [0.4, 0.5) is 0 Å². The Morgan fingerprint density at radius 3 is 1.63 bits per heavy atom. The summed E-state index contributed by atoms with van der Waals surface area (Å²) in [7, 11) is 0. The minimum atomic E-state index is -3.45. The zero-order chi connectivity index (χ0) is 15.6. The van der Waals surface area contributed by atoms with Crippen molar-refractivity contribution in [1.29, 1.82) is 0 Å². The summed E-state index contributed by atoms with van der Waals surface area (Å²) in [5, 5.41) is 38.4. The van der Waals surface area contributed by atoms with Crippen LogP contribution in [-0.4, -0.2) is 67.5 Å². The van der Waals surface area contributed by atoms with Crippen molar-refractivity contribution in [2.45, 2.75) is 38.1 Å². The van der Waals surface area contributed by atoms with E-state index in [-0.39, 0.29) is 0 Å². The highest BCUT2D eigenvalue weighted by molar-refractivity contribution is 6.45. The van der Waals surface area contributed by atoms with Crippen molar-refractivity contribution in [2.24, 2.45) is 0 Å². The Balaban J connectivity index is 6.25. The zero-order valence-electron chi connectivity index (χ0n) is 10.7. The molecule has 0 rings (SSSR count). The molecule has 8 heteroatoms. The monoisotopic (exact) mass is 276 g/mol. The van der Waals surface area contributed by atoms with Crippen LogP contribution in [-0.2, 0) is 19.2 Å². The molecule has 0 spiro atoms. The Kier molecular flexibility index (Phi) is 5.22. The van der Waals surface area contributed by atoms with Crippen LogP contribution in [0.5, 0.6) is 0 Å². The van der Waals surface area contributed by atoms with Crippen LogP contribution >= 0.6 is 0 Å². The Morgan fingerprint density at radius 1 is 1.00 bits per heavy atom. The van der Waals surface area contributed by atoms with E-state index in [1.807, 2.05) is 0 Å². The van der Waals surface area contributed by atoms with E-state index in [1.165, 1.54) is 0 Å². The predicted molar refractivity (Wildman–Crippen MR) is 60.0 cm³/mol. The van der Waals surface area contributed by atoms with Gasteiger partial charge in [0.2, 0.25) is 11.4 Å². The Morgan fingerprint density at radius 2 is 1.42 bits per heavy atom. The van der Waals surface area contributed by atoms with Gasteiger partial charge in [-0.15, -0.1) is 0 Å². The summed E-state index contributed by atoms with van der Waals surface area (Å²) >= 11 is 0. The summed E-state index contributed by atoms with van der Waals surface area (Å²) < 4.78 is 0. The molecule has 0 heterocycles. The smallest absolute Gasteiger partial charge is 0.240 e. The van der Waals surface area contributed by atoms with Gasteiger partial charge in [0.1, 0.15) is 6.10 Å². The number of hydrogen-bond acceptors (Lipinski definition) is 8. The van der Waals surface area contributed by atoms with Gasteiger partial charge in [-0.05, 0) is 13.8 Å². The molecule has 0 aliphatic rings. The number of aliphatic hydroxyl groups excluding tert-OH is 2. The SMILES string of the molecule is CC(=O)C(=O)[C@](O)(C(C)=O)[C@@](O)(C(C)=O)[C@H](O)CO. The molecular formula is C11H16O8. The second-order valence-corrected chi connectivity index (χ2v) is 4.17. The van der Waals surface area contributed by atoms with Crippen LogP contribution in [0.15, 0.2) is 0 Å². The molecule has 3 atom stereocenters. The lowest BCUT2D eigenvalue weighted by Crippen LogP contribution is -2.73. The van der Waals surface area contributed by atoms with Crippen LogP contribution in [0, 0.1) is 0 Å². The molecule has 108 valence electrons. The van der Waals surface area contributed by atoms with Gasteiger partial charge in [-0.2, -0.15) is 0 Å². The standard InChI is InChI=1S/C11H16O8/c1-5(13)9(17)11(19,7(3)15)10(18,6(2)14)8(16)4-12/h8,12,16,18-19H,4H2,1-3H3/t8-,10-,11-/m1/s1. The minimum Gasteiger partial charge on any atom is -0.394 e. The first-order chi connectivity index (χ1) is 8.47. The average Bonchev–Trinajstić information content (AvgIpc) is 2.33. The van der Waals surface area contributed by atoms with E-state index in [9.17, 15) is 34.5 Å². The van der Waals surface area contributed by atoms with Gasteiger partial charge < -0.3 is 20.4 Å². The van der Waals surface area contributed by atoms with Crippen molar-refractivity contribution in [3.8, 4) is 0 Å². The van der Waals surface area contributed by atoms with E-state index in [0.717, 1.165) is 6.92 Å². The summed E-state index contributed by atoms with van der Waals surface area (Å²) in [6.07, 6.45) is -2.32. The fraction of sp³-hybridized carbons (Fsp3) is 0.636. The van der Waals surface area contributed by atoms with Gasteiger partial charge in [0.25, 0.3) is 0 Å². The van der Waals surface area contributed by atoms with Gasteiger partial charge in [0, 0.05) is 6.92 Å². The van der Waals surface area contributed by atoms with E-state index < -0.39 is 47.0 Å². The third-order valence-corrected chi connectivity index (χ3v) is 2.90. The molecule has 0 radical (unpaired) electrons. The fourth-order valence-corrected chi connectivity index (χ4v) is 1.72. The summed E-state index contributed by atoms with van der Waals surface area (Å²) in [6, 6.07) is 0. The first-order valence-corrected chi connectivity index (χ1v) is 5.29. The van der Waals surface area contributed by atoms with E-state index in [0.29, 0.717) is 13.8 Å². The van der Waals surface area contributed by atoms with Gasteiger partial charge in [0.15, 0.2) is 23.0 Å². The first-order valence-electron chi connectivity index (χ1n) is 5.29. The van der Waals surface area contributed by atoms with Crippen LogP contribution < -0.4 is 0 Å². The molecule has 0 bridgehead atoms. The number of Topliss-reactive ketones (excluding diaryl/α,β-unsaturated/α-hetero) is 4. The normalized spacial score (nSPS) is 18.9. The van der Waals surface area contributed by atoms with Crippen LogP contribution in [0.25, 0.3) is 0 Å². The maximum absolute atomic E-state index is 11.7. The summed E-state index contributed by atoms with van der Waals surface area (Å²) in [4.78, 5) is 45.6. The lowest BCUT2D eigenvalue weighted by molar-refractivity contribution is -0.207. The predicted octanol–water partition coefficient (Wildman–Crippen LogP) is -2.86. The highest BCUT2D eigenvalue weighted by Gasteiger charge is 2.65. The summed E-state index contributed by atoms with van der Waals surface area (Å²) in [6.45, 7) is 0.873. The van der Waals surface area contributed by atoms with Gasteiger partial charge in [-0.1, -0.05) is 0 Å². The van der Waals surface area contributed by atoms with Crippen molar-refractivity contribution in [2.75, 3.05) is 6.61 Å². The Labute approximate surface area is 108 Å². The molecule has 0 aromatic rings. The van der Waals surface area contributed by atoms with Gasteiger partial charge in [-0.3, -0.25) is 19.2 Å². The van der Waals surface area contributed by atoms with Crippen molar-refractivity contribution in [1.82, 2.24) is 0 Å². The topological polar surface area (TPSA) is 149 Å². The molecule has 0 aliphatic carbocycles. The molecule has 8 nitrogen and oxygen atoms in total. The maximum atomic E-state index is 11.7. The molecule has 0 amide bonds. The van der Waals surface area contributed by atoms with Crippen molar-refractivity contribution in [3.63, 3.8) is 0 Å². The van der Waals surface area contributed by atoms with Crippen LogP contribution in [0.1, 0.15) is 20.8 Å². The largest absolute Gasteiger partial charge is 0.394 e. The first kappa shape index (κ1) is 17.5. The van der Waals surface area contributed by atoms with Gasteiger partial charge in [0.05, 0.1) is 6.61 Å². The minimum absolute atomic E-state index is 0.666. The van der Waals surface area contributed by atoms with Gasteiger partial charge >= 0.3 is 0 Å². The summed E-state index contributed by atoms with van der Waals surface area (Å²) in [5.41, 5.74) is -6.76. The number of carbonyl (C=O) groups is 4. The molecule has 4 N–H and O–H groups in total. The number of carbonyl (C=O) groups excluding carboxylic acids is 4. The molecule has 0 saturated heterocycles. The average molecular weight is 276 g/mol. The van der Waals surface area contributed by atoms with Gasteiger partial charge in [-0.25, -0.2) is 0 Å². The molecule has 0 saturated carbocycles. The highest BCUT2D eigenvalue weighted by Crippen LogP contribution is 2.30. The maximum Gasteiger partial charge on any atom is 0.240 e. The van der Waals surface area contributed by atoms with E-state index in [4.69, 9.17) is 5.11 Å². The van der Waals surface area contributed by atoms with Crippen molar-refractivity contribution in [3.05, 3.63) is 0 Å². The number of ketones is 4. The van der Waals surface area contributed by atoms with E-state index in [1.54, 1.807) is 0 Å². The van der Waals surface area contributed by atoms with Crippen molar-refractivity contribution >= 4 is 23.1 Å². The molecule has 19 heavy (non-hydrogen) atoms. The van der Waals surface area contributed by atoms with E-state index in [2.05, 4.69) is 0 Å². The second-order valence-electron chi connectivity index (χ2n) is 4.17.